The van der Waals surface area contributed by atoms with E-state index in [0.717, 1.165) is 6.42 Å². The van der Waals surface area contributed by atoms with Crippen molar-refractivity contribution >= 4 is 23.7 Å². The van der Waals surface area contributed by atoms with Gasteiger partial charge in [0, 0.05) is 29.3 Å². The normalized spacial score (nSPS) is 10.5. The quantitative estimate of drug-likeness (QED) is 0.552. The summed E-state index contributed by atoms with van der Waals surface area (Å²) in [5.41, 5.74) is 4.25. The molecule has 2 amide bonds. The third kappa shape index (κ3) is 5.85. The van der Waals surface area contributed by atoms with Gasteiger partial charge in [-0.05, 0) is 42.8 Å². The number of carbonyl (C=O) groups excluding carboxylic acids is 2. The van der Waals surface area contributed by atoms with Gasteiger partial charge < -0.3 is 14.8 Å². The summed E-state index contributed by atoms with van der Waals surface area (Å²) in [5, 5.41) is 6.73. The molecule has 0 saturated heterocycles. The molecule has 2 aromatic carbocycles. The predicted octanol–water partition coefficient (Wildman–Crippen LogP) is 3.21. The molecule has 2 N–H and O–H groups in total. The van der Waals surface area contributed by atoms with Crippen molar-refractivity contribution in [3.05, 3.63) is 53.6 Å². The SMILES string of the molecule is CCCC(=O)Nc1ccc(C(=O)N/N=C/c2ccc(OC)cc2OC)cc1. The Bertz CT molecular complexity index is 816. The molecule has 2 rings (SSSR count). The Balaban J connectivity index is 1.97. The summed E-state index contributed by atoms with van der Waals surface area (Å²) in [4.78, 5) is 23.7. The van der Waals surface area contributed by atoms with Gasteiger partial charge in [0.2, 0.25) is 5.91 Å². The monoisotopic (exact) mass is 369 g/mol. The van der Waals surface area contributed by atoms with Crippen molar-refractivity contribution in [3.63, 3.8) is 0 Å². The molecule has 0 unspecified atom stereocenters. The summed E-state index contributed by atoms with van der Waals surface area (Å²) >= 11 is 0. The van der Waals surface area contributed by atoms with Gasteiger partial charge in [-0.2, -0.15) is 5.10 Å². The number of amides is 2. The molecule has 7 nitrogen and oxygen atoms in total. The molecule has 0 fully saturated rings. The minimum Gasteiger partial charge on any atom is -0.497 e. The van der Waals surface area contributed by atoms with Crippen LogP contribution in [0, 0.1) is 0 Å². The van der Waals surface area contributed by atoms with E-state index >= 15 is 0 Å². The summed E-state index contributed by atoms with van der Waals surface area (Å²) in [6.45, 7) is 1.94. The summed E-state index contributed by atoms with van der Waals surface area (Å²) in [5.74, 6) is 0.844. The van der Waals surface area contributed by atoms with Crippen LogP contribution >= 0.6 is 0 Å². The molecule has 0 bridgehead atoms. The molecule has 0 spiro atoms. The second-order valence-corrected chi connectivity index (χ2v) is 5.68. The van der Waals surface area contributed by atoms with Crippen molar-refractivity contribution in [1.29, 1.82) is 0 Å². The van der Waals surface area contributed by atoms with Crippen LogP contribution in [-0.2, 0) is 4.79 Å². The Morgan fingerprint density at radius 3 is 2.44 bits per heavy atom. The molecular formula is C20H23N3O4. The largest absolute Gasteiger partial charge is 0.497 e. The van der Waals surface area contributed by atoms with Crippen LogP contribution in [0.1, 0.15) is 35.7 Å². The average Bonchev–Trinajstić information content (AvgIpc) is 2.68. The first-order valence-corrected chi connectivity index (χ1v) is 8.52. The fourth-order valence-corrected chi connectivity index (χ4v) is 2.31. The van der Waals surface area contributed by atoms with Crippen molar-refractivity contribution in [2.24, 2.45) is 5.10 Å². The minimum atomic E-state index is -0.356. The molecule has 0 heterocycles. The van der Waals surface area contributed by atoms with Gasteiger partial charge in [-0.3, -0.25) is 9.59 Å². The zero-order valence-electron chi connectivity index (χ0n) is 15.6. The third-order valence-electron chi connectivity index (χ3n) is 3.72. The molecule has 0 radical (unpaired) electrons. The summed E-state index contributed by atoms with van der Waals surface area (Å²) in [6.07, 6.45) is 2.74. The lowest BCUT2D eigenvalue weighted by molar-refractivity contribution is -0.116. The number of methoxy groups -OCH3 is 2. The van der Waals surface area contributed by atoms with E-state index in [9.17, 15) is 9.59 Å². The van der Waals surface area contributed by atoms with Crippen LogP contribution in [0.25, 0.3) is 0 Å². The van der Waals surface area contributed by atoms with Crippen LogP contribution in [0.15, 0.2) is 47.6 Å². The standard InChI is InChI=1S/C20H23N3O4/c1-4-5-19(24)22-16-9-6-14(7-10-16)20(25)23-21-13-15-8-11-17(26-2)12-18(15)27-3/h6-13H,4-5H2,1-3H3,(H,22,24)(H,23,25)/b21-13+. The van der Waals surface area contributed by atoms with Gasteiger partial charge in [-0.1, -0.05) is 6.92 Å². The highest BCUT2D eigenvalue weighted by molar-refractivity contribution is 5.96. The maximum absolute atomic E-state index is 12.2. The van der Waals surface area contributed by atoms with E-state index in [1.807, 2.05) is 6.92 Å². The predicted molar refractivity (Wildman–Crippen MR) is 105 cm³/mol. The lowest BCUT2D eigenvalue weighted by Crippen LogP contribution is -2.17. The van der Waals surface area contributed by atoms with Crippen LogP contribution in [0.2, 0.25) is 0 Å². The molecule has 0 aliphatic carbocycles. The molecule has 7 heteroatoms. The first kappa shape index (κ1) is 20.0. The van der Waals surface area contributed by atoms with Crippen molar-refractivity contribution < 1.29 is 19.1 Å². The highest BCUT2D eigenvalue weighted by Crippen LogP contribution is 2.23. The van der Waals surface area contributed by atoms with Gasteiger partial charge in [0.05, 0.1) is 20.4 Å². The first-order chi connectivity index (χ1) is 13.1. The molecule has 27 heavy (non-hydrogen) atoms. The van der Waals surface area contributed by atoms with Crippen LogP contribution in [-0.4, -0.2) is 32.2 Å². The van der Waals surface area contributed by atoms with Gasteiger partial charge in [-0.25, -0.2) is 5.43 Å². The van der Waals surface area contributed by atoms with Crippen LogP contribution in [0.3, 0.4) is 0 Å². The Hall–Kier alpha value is -3.35. The van der Waals surface area contributed by atoms with E-state index in [2.05, 4.69) is 15.8 Å². The maximum atomic E-state index is 12.2. The van der Waals surface area contributed by atoms with Crippen LogP contribution < -0.4 is 20.2 Å². The second-order valence-electron chi connectivity index (χ2n) is 5.68. The van der Waals surface area contributed by atoms with E-state index in [0.29, 0.717) is 34.7 Å². The van der Waals surface area contributed by atoms with Gasteiger partial charge in [0.15, 0.2) is 0 Å². The Labute approximate surface area is 158 Å². The van der Waals surface area contributed by atoms with E-state index < -0.39 is 0 Å². The van der Waals surface area contributed by atoms with Crippen molar-refractivity contribution in [1.82, 2.24) is 5.43 Å². The highest BCUT2D eigenvalue weighted by Gasteiger charge is 2.06. The van der Waals surface area contributed by atoms with E-state index in [4.69, 9.17) is 9.47 Å². The van der Waals surface area contributed by atoms with Gasteiger partial charge >= 0.3 is 0 Å². The van der Waals surface area contributed by atoms with Crippen molar-refractivity contribution in [3.8, 4) is 11.5 Å². The topological polar surface area (TPSA) is 89.0 Å². The smallest absolute Gasteiger partial charge is 0.271 e. The lowest BCUT2D eigenvalue weighted by atomic mass is 10.2. The number of anilines is 1. The number of carbonyl (C=O) groups is 2. The number of hydrazone groups is 1. The fraction of sp³-hybridized carbons (Fsp3) is 0.250. The number of ether oxygens (including phenoxy) is 2. The van der Waals surface area contributed by atoms with Crippen molar-refractivity contribution in [2.45, 2.75) is 19.8 Å². The van der Waals surface area contributed by atoms with Crippen molar-refractivity contribution in [2.75, 3.05) is 19.5 Å². The number of hydrogen-bond acceptors (Lipinski definition) is 5. The van der Waals surface area contributed by atoms with Gasteiger partial charge in [0.1, 0.15) is 11.5 Å². The fourth-order valence-electron chi connectivity index (χ4n) is 2.31. The van der Waals surface area contributed by atoms with Gasteiger partial charge in [0.25, 0.3) is 5.91 Å². The zero-order chi connectivity index (χ0) is 19.6. The van der Waals surface area contributed by atoms with E-state index in [1.54, 1.807) is 56.7 Å². The van der Waals surface area contributed by atoms with Crippen LogP contribution in [0.5, 0.6) is 11.5 Å². The molecule has 0 saturated carbocycles. The Morgan fingerprint density at radius 1 is 1.07 bits per heavy atom. The Kier molecular flexibility index (Phi) is 7.37. The third-order valence-corrected chi connectivity index (χ3v) is 3.72. The first-order valence-electron chi connectivity index (χ1n) is 8.52. The molecule has 142 valence electrons. The molecule has 0 aliphatic rings. The van der Waals surface area contributed by atoms with E-state index in [1.165, 1.54) is 6.21 Å². The second kappa shape index (κ2) is 9.96. The number of nitrogens with zero attached hydrogens (tertiary/aromatic N) is 1. The molecule has 2 aromatic rings. The molecule has 0 atom stereocenters. The summed E-state index contributed by atoms with van der Waals surface area (Å²) in [6, 6.07) is 11.9. The van der Waals surface area contributed by atoms with E-state index in [-0.39, 0.29) is 11.8 Å². The number of rotatable bonds is 8. The molecule has 0 aliphatic heterocycles. The number of benzene rings is 2. The maximum Gasteiger partial charge on any atom is 0.271 e. The molecule has 0 aromatic heterocycles. The zero-order valence-corrected chi connectivity index (χ0v) is 15.6. The van der Waals surface area contributed by atoms with Gasteiger partial charge in [-0.15, -0.1) is 0 Å². The molecular weight excluding hydrogens is 346 g/mol. The number of nitrogens with one attached hydrogen (secondary N) is 2. The summed E-state index contributed by atoms with van der Waals surface area (Å²) in [7, 11) is 3.12. The Morgan fingerprint density at radius 2 is 1.81 bits per heavy atom. The minimum absolute atomic E-state index is 0.0484. The average molecular weight is 369 g/mol. The summed E-state index contributed by atoms with van der Waals surface area (Å²) < 4.78 is 10.4. The highest BCUT2D eigenvalue weighted by atomic mass is 16.5. The van der Waals surface area contributed by atoms with Crippen LogP contribution in [0.4, 0.5) is 5.69 Å². The lowest BCUT2D eigenvalue weighted by Gasteiger charge is -2.07. The number of hydrogen-bond donors (Lipinski definition) is 2.